The molecule has 5 nitrogen and oxygen atoms in total. The number of aromatic nitrogens is 2. The summed E-state index contributed by atoms with van der Waals surface area (Å²) in [4.78, 5) is 8.99. The molecule has 1 heterocycles. The van der Waals surface area contributed by atoms with E-state index in [4.69, 9.17) is 4.74 Å². The van der Waals surface area contributed by atoms with Crippen molar-refractivity contribution in [3.05, 3.63) is 53.9 Å². The fraction of sp³-hybridized carbons (Fsp3) is 0.222. The Balaban J connectivity index is 2.33. The molecule has 2 aromatic rings. The second-order valence-electron chi connectivity index (χ2n) is 4.99. The van der Waals surface area contributed by atoms with Gasteiger partial charge in [-0.05, 0) is 37.6 Å². The molecule has 0 amide bonds. The van der Waals surface area contributed by atoms with Crippen molar-refractivity contribution in [1.29, 1.82) is 0 Å². The molecule has 0 aliphatic carbocycles. The van der Waals surface area contributed by atoms with Crippen LogP contribution in [-0.4, -0.2) is 24.1 Å². The van der Waals surface area contributed by atoms with Crippen LogP contribution >= 0.6 is 0 Å². The lowest BCUT2D eigenvalue weighted by atomic mass is 10.2. The van der Waals surface area contributed by atoms with Crippen LogP contribution in [0.1, 0.15) is 18.2 Å². The van der Waals surface area contributed by atoms with E-state index in [2.05, 4.69) is 20.6 Å². The number of nitrogens with one attached hydrogen (secondary N) is 2. The molecular weight excluding hydrogens is 288 g/mol. The Morgan fingerprint density at radius 3 is 2.65 bits per heavy atom. The number of hydrogen-bond donors (Lipinski definition) is 2. The van der Waals surface area contributed by atoms with E-state index in [1.807, 2.05) is 63.4 Å². The van der Waals surface area contributed by atoms with Crippen LogP contribution in [-0.2, 0) is 0 Å². The third kappa shape index (κ3) is 4.57. The van der Waals surface area contributed by atoms with E-state index in [1.54, 1.807) is 13.3 Å². The molecule has 120 valence electrons. The van der Waals surface area contributed by atoms with E-state index in [-0.39, 0.29) is 0 Å². The lowest BCUT2D eigenvalue weighted by Gasteiger charge is -2.12. The van der Waals surface area contributed by atoms with E-state index < -0.39 is 0 Å². The highest BCUT2D eigenvalue weighted by Crippen LogP contribution is 2.26. The fourth-order valence-electron chi connectivity index (χ4n) is 2.09. The molecule has 0 bridgehead atoms. The number of aryl methyl sites for hydroxylation is 1. The Bertz CT molecular complexity index is 723. The van der Waals surface area contributed by atoms with Crippen molar-refractivity contribution >= 4 is 23.4 Å². The molecule has 0 saturated carbocycles. The van der Waals surface area contributed by atoms with Crippen LogP contribution in [0, 0.1) is 6.92 Å². The standard InChI is InChI=1S/C18H22N4O/c1-5-6-7-8-14-12-20-17(19-3)18(21-14)22-15-9-13(2)10-16(11-15)23-4/h5-12H,1-4H3,(H,19,20)(H,21,22)/b6-5-,8-7-. The monoisotopic (exact) mass is 310 g/mol. The zero-order valence-corrected chi connectivity index (χ0v) is 13.9. The van der Waals surface area contributed by atoms with Crippen molar-refractivity contribution in [1.82, 2.24) is 9.97 Å². The van der Waals surface area contributed by atoms with Gasteiger partial charge in [0.05, 0.1) is 19.0 Å². The lowest BCUT2D eigenvalue weighted by Crippen LogP contribution is -2.03. The van der Waals surface area contributed by atoms with Crippen LogP contribution < -0.4 is 15.4 Å². The van der Waals surface area contributed by atoms with Crippen LogP contribution in [0.15, 0.2) is 42.6 Å². The van der Waals surface area contributed by atoms with Gasteiger partial charge in [0, 0.05) is 18.8 Å². The smallest absolute Gasteiger partial charge is 0.174 e. The lowest BCUT2D eigenvalue weighted by molar-refractivity contribution is 0.414. The number of anilines is 3. The second-order valence-corrected chi connectivity index (χ2v) is 4.99. The van der Waals surface area contributed by atoms with Crippen molar-refractivity contribution in [2.75, 3.05) is 24.8 Å². The molecule has 0 saturated heterocycles. The van der Waals surface area contributed by atoms with Crippen LogP contribution in [0.4, 0.5) is 17.3 Å². The van der Waals surface area contributed by atoms with Crippen LogP contribution in [0.2, 0.25) is 0 Å². The number of methoxy groups -OCH3 is 1. The summed E-state index contributed by atoms with van der Waals surface area (Å²) in [7, 11) is 3.48. The van der Waals surface area contributed by atoms with Crippen LogP contribution in [0.3, 0.4) is 0 Å². The zero-order chi connectivity index (χ0) is 16.7. The molecule has 2 N–H and O–H groups in total. The summed E-state index contributed by atoms with van der Waals surface area (Å²) in [5, 5.41) is 6.35. The summed E-state index contributed by atoms with van der Waals surface area (Å²) in [6.45, 7) is 3.99. The van der Waals surface area contributed by atoms with E-state index >= 15 is 0 Å². The van der Waals surface area contributed by atoms with Gasteiger partial charge in [-0.3, -0.25) is 0 Å². The molecule has 0 radical (unpaired) electrons. The van der Waals surface area contributed by atoms with Crippen molar-refractivity contribution in [3.8, 4) is 5.75 Å². The quantitative estimate of drug-likeness (QED) is 0.784. The summed E-state index contributed by atoms with van der Waals surface area (Å²) >= 11 is 0. The van der Waals surface area contributed by atoms with Gasteiger partial charge < -0.3 is 15.4 Å². The predicted molar refractivity (Wildman–Crippen MR) is 96.4 cm³/mol. The molecule has 2 rings (SSSR count). The predicted octanol–water partition coefficient (Wildman–Crippen LogP) is 4.17. The average Bonchev–Trinajstić information content (AvgIpc) is 2.55. The van der Waals surface area contributed by atoms with E-state index in [1.165, 1.54) is 0 Å². The molecule has 0 spiro atoms. The minimum Gasteiger partial charge on any atom is -0.497 e. The summed E-state index contributed by atoms with van der Waals surface area (Å²) in [6.07, 6.45) is 9.49. The fourth-order valence-corrected chi connectivity index (χ4v) is 2.09. The Morgan fingerprint density at radius 1 is 1.13 bits per heavy atom. The molecular formula is C18H22N4O. The van der Waals surface area contributed by atoms with Crippen molar-refractivity contribution < 1.29 is 4.74 Å². The average molecular weight is 310 g/mol. The van der Waals surface area contributed by atoms with Crippen LogP contribution in [0.5, 0.6) is 5.75 Å². The maximum absolute atomic E-state index is 5.31. The number of nitrogens with zero attached hydrogens (tertiary/aromatic N) is 2. The first-order chi connectivity index (χ1) is 11.2. The van der Waals surface area contributed by atoms with Gasteiger partial charge >= 0.3 is 0 Å². The summed E-state index contributed by atoms with van der Waals surface area (Å²) in [6, 6.07) is 5.94. The first-order valence-electron chi connectivity index (χ1n) is 7.43. The van der Waals surface area contributed by atoms with Gasteiger partial charge in [-0.2, -0.15) is 0 Å². The number of benzene rings is 1. The molecule has 1 aromatic heterocycles. The third-order valence-electron chi connectivity index (χ3n) is 3.15. The topological polar surface area (TPSA) is 59.1 Å². The van der Waals surface area contributed by atoms with Crippen molar-refractivity contribution in [2.24, 2.45) is 0 Å². The highest BCUT2D eigenvalue weighted by atomic mass is 16.5. The Labute approximate surface area is 137 Å². The maximum atomic E-state index is 5.31. The molecule has 0 aliphatic heterocycles. The SMILES string of the molecule is C/C=C\C=C/c1cnc(NC)c(Nc2cc(C)cc(OC)c2)n1. The third-order valence-corrected chi connectivity index (χ3v) is 3.15. The van der Waals surface area contributed by atoms with Gasteiger partial charge in [0.2, 0.25) is 0 Å². The normalized spacial score (nSPS) is 11.1. The molecule has 0 aliphatic rings. The Hall–Kier alpha value is -2.82. The first-order valence-corrected chi connectivity index (χ1v) is 7.43. The molecule has 23 heavy (non-hydrogen) atoms. The molecule has 1 aromatic carbocycles. The summed E-state index contributed by atoms with van der Waals surface area (Å²) in [5.74, 6) is 2.16. The Kier molecular flexibility index (Phi) is 5.74. The van der Waals surface area contributed by atoms with Gasteiger partial charge in [-0.25, -0.2) is 9.97 Å². The first kappa shape index (κ1) is 16.5. The molecule has 0 unspecified atom stereocenters. The highest BCUT2D eigenvalue weighted by Gasteiger charge is 2.07. The minimum atomic E-state index is 0.669. The molecule has 0 atom stereocenters. The Morgan fingerprint density at radius 2 is 1.96 bits per heavy atom. The summed E-state index contributed by atoms with van der Waals surface area (Å²) in [5.41, 5.74) is 2.79. The van der Waals surface area contributed by atoms with Gasteiger partial charge in [0.15, 0.2) is 11.6 Å². The molecule has 5 heteroatoms. The second kappa shape index (κ2) is 7.98. The van der Waals surface area contributed by atoms with Crippen molar-refractivity contribution in [2.45, 2.75) is 13.8 Å². The van der Waals surface area contributed by atoms with Gasteiger partial charge in [0.25, 0.3) is 0 Å². The van der Waals surface area contributed by atoms with E-state index in [0.29, 0.717) is 11.6 Å². The molecule has 0 fully saturated rings. The van der Waals surface area contributed by atoms with Gasteiger partial charge in [-0.1, -0.05) is 18.2 Å². The van der Waals surface area contributed by atoms with E-state index in [0.717, 1.165) is 22.7 Å². The maximum Gasteiger partial charge on any atom is 0.174 e. The van der Waals surface area contributed by atoms with Gasteiger partial charge in [0.1, 0.15) is 5.75 Å². The minimum absolute atomic E-state index is 0.669. The van der Waals surface area contributed by atoms with Gasteiger partial charge in [-0.15, -0.1) is 0 Å². The number of ether oxygens (including phenoxy) is 1. The number of hydrogen-bond acceptors (Lipinski definition) is 5. The summed E-state index contributed by atoms with van der Waals surface area (Å²) < 4.78 is 5.31. The largest absolute Gasteiger partial charge is 0.497 e. The number of allylic oxidation sites excluding steroid dienone is 3. The van der Waals surface area contributed by atoms with Crippen LogP contribution in [0.25, 0.3) is 6.08 Å². The zero-order valence-electron chi connectivity index (χ0n) is 13.9. The number of rotatable bonds is 6. The van der Waals surface area contributed by atoms with Crippen molar-refractivity contribution in [3.63, 3.8) is 0 Å². The highest BCUT2D eigenvalue weighted by molar-refractivity contribution is 5.69. The van der Waals surface area contributed by atoms with E-state index in [9.17, 15) is 0 Å².